The Morgan fingerprint density at radius 2 is 1.62 bits per heavy atom. The van der Waals surface area contributed by atoms with Crippen LogP contribution in [0, 0.1) is 0 Å². The average Bonchev–Trinajstić information content (AvgIpc) is 3.25. The first-order valence-corrected chi connectivity index (χ1v) is 14.0. The molecule has 1 amide bonds. The largest absolute Gasteiger partial charge is 0.480 e. The molecule has 2 aromatic rings. The van der Waals surface area contributed by atoms with Gasteiger partial charge in [0.15, 0.2) is 20.0 Å². The van der Waals surface area contributed by atoms with E-state index in [2.05, 4.69) is 23.4 Å². The van der Waals surface area contributed by atoms with Crippen LogP contribution >= 0.6 is 0 Å². The molecule has 10 nitrogen and oxygen atoms in total. The maximum Gasteiger partial charge on any atom is 0.480 e. The number of ether oxygens (including phenoxy) is 1. The van der Waals surface area contributed by atoms with Crippen LogP contribution in [-0.4, -0.2) is 45.1 Å². The zero-order valence-electron chi connectivity index (χ0n) is 21.7. The van der Waals surface area contributed by atoms with Gasteiger partial charge >= 0.3 is 17.1 Å². The molecule has 0 aliphatic heterocycles. The number of carbonyl (C=O) groups is 1. The maximum absolute atomic E-state index is 12.1. The topological polar surface area (TPSA) is 130 Å². The highest BCUT2D eigenvalue weighted by atomic mass is 32.3. The second kappa shape index (κ2) is 13.0. The molecule has 0 saturated carbocycles. The quantitative estimate of drug-likeness (QED) is 0.323. The van der Waals surface area contributed by atoms with E-state index < -0.39 is 42.7 Å². The highest BCUT2D eigenvalue weighted by molar-refractivity contribution is 8.13. The predicted octanol–water partition coefficient (Wildman–Crippen LogP) is 4.55. The molecular weight excluding hydrogens is 594 g/mol. The van der Waals surface area contributed by atoms with Gasteiger partial charge in [0.05, 0.1) is 12.1 Å². The zero-order chi connectivity index (χ0) is 31.2. The first-order valence-electron chi connectivity index (χ1n) is 11.2. The van der Waals surface area contributed by atoms with Crippen LogP contribution in [0.2, 0.25) is 0 Å². The zero-order valence-corrected chi connectivity index (χ0v) is 23.4. The second-order valence-corrected chi connectivity index (χ2v) is 12.1. The van der Waals surface area contributed by atoms with Gasteiger partial charge in [-0.1, -0.05) is 30.4 Å². The molecule has 226 valence electrons. The third-order valence-electron chi connectivity index (χ3n) is 4.97. The summed E-state index contributed by atoms with van der Waals surface area (Å²) in [6.45, 7) is 13.8. The van der Waals surface area contributed by atoms with Crippen molar-refractivity contribution in [3.63, 3.8) is 0 Å². The molecule has 0 atom stereocenters. The molecule has 0 bridgehead atoms. The number of carbonyl (C=O) groups excluding carboxylic acids is 1. The van der Waals surface area contributed by atoms with E-state index in [-0.39, 0.29) is 0 Å². The Bertz CT molecular complexity index is 1360. The van der Waals surface area contributed by atoms with Crippen LogP contribution in [-0.2, 0) is 43.4 Å². The number of nitrogens with zero attached hydrogens (tertiary/aromatic N) is 3. The monoisotopic (exact) mass is 622 g/mol. The van der Waals surface area contributed by atoms with Crippen LogP contribution in [0.25, 0.3) is 9.70 Å². The van der Waals surface area contributed by atoms with Crippen molar-refractivity contribution in [3.8, 4) is 0 Å². The van der Waals surface area contributed by atoms with Gasteiger partial charge in [0.1, 0.15) is 25.5 Å². The minimum absolute atomic E-state index is 0.326. The summed E-state index contributed by atoms with van der Waals surface area (Å²) in [5, 5.41) is 2.94. The van der Waals surface area contributed by atoms with Gasteiger partial charge in [-0.2, -0.15) is 26.3 Å². The summed E-state index contributed by atoms with van der Waals surface area (Å²) in [5.74, 6) is 0. The molecule has 1 aromatic carbocycles. The minimum Gasteiger partial charge on any atom is -0.445 e. The van der Waals surface area contributed by atoms with Crippen molar-refractivity contribution >= 4 is 31.7 Å². The van der Waals surface area contributed by atoms with Crippen LogP contribution in [0.5, 0.6) is 0 Å². The average molecular weight is 623 g/mol. The molecule has 0 spiro atoms. The fraction of sp³-hybridized carbons (Fsp3) is 0.455. The van der Waals surface area contributed by atoms with Crippen LogP contribution in [0.3, 0.4) is 0 Å². The van der Waals surface area contributed by atoms with Crippen molar-refractivity contribution in [3.05, 3.63) is 64.8 Å². The summed E-state index contributed by atoms with van der Waals surface area (Å²) in [7, 11) is -13.4. The molecule has 1 N–H and O–H groups in total. The number of hydrogen-bond donors (Lipinski definition) is 1. The highest BCUT2D eigenvalue weighted by Crippen LogP contribution is 2.36. The Kier molecular flexibility index (Phi) is 11.4. The van der Waals surface area contributed by atoms with E-state index in [0.717, 1.165) is 27.4 Å². The molecule has 18 heteroatoms. The van der Waals surface area contributed by atoms with Crippen molar-refractivity contribution < 1.29 is 57.3 Å². The molecule has 0 saturated heterocycles. The number of alkyl carbamates (subject to hydrolysis) is 1. The van der Waals surface area contributed by atoms with E-state index in [1.807, 2.05) is 68.3 Å². The van der Waals surface area contributed by atoms with Crippen molar-refractivity contribution in [1.82, 2.24) is 9.88 Å². The normalized spacial score (nSPS) is 12.8. The summed E-state index contributed by atoms with van der Waals surface area (Å²) in [5.41, 5.74) is -9.86. The SMILES string of the molecule is C=C(C)c1cccc(C(C)(C)NC(=O)OCC[n+]2ccn(CC)c2)c1.O=S(=O)([N-]S(=O)(=O)C(F)(F)F)C(F)(F)F. The Morgan fingerprint density at radius 1 is 1.07 bits per heavy atom. The Morgan fingerprint density at radius 3 is 2.08 bits per heavy atom. The lowest BCUT2D eigenvalue weighted by Crippen LogP contribution is -2.42. The molecule has 0 aliphatic carbocycles. The number of aromatic nitrogens is 2. The van der Waals surface area contributed by atoms with Gasteiger partial charge in [0.25, 0.3) is 0 Å². The fourth-order valence-corrected chi connectivity index (χ4v) is 4.46. The molecule has 0 unspecified atom stereocenters. The fourth-order valence-electron chi connectivity index (χ4n) is 2.75. The molecule has 40 heavy (non-hydrogen) atoms. The van der Waals surface area contributed by atoms with E-state index in [4.69, 9.17) is 4.74 Å². The smallest absolute Gasteiger partial charge is 0.445 e. The van der Waals surface area contributed by atoms with Gasteiger partial charge in [-0.15, -0.1) is 0 Å². The summed E-state index contributed by atoms with van der Waals surface area (Å²) >= 11 is 0. The molecule has 0 radical (unpaired) electrons. The molecule has 1 aromatic heterocycles. The number of rotatable bonds is 9. The summed E-state index contributed by atoms with van der Waals surface area (Å²) in [6, 6.07) is 8.03. The molecule has 2 rings (SSSR count). The number of aryl methyl sites for hydroxylation is 1. The number of alkyl halides is 6. The van der Waals surface area contributed by atoms with Gasteiger partial charge in [0.2, 0.25) is 6.33 Å². The van der Waals surface area contributed by atoms with E-state index in [1.165, 1.54) is 0 Å². The molecular formula is C22H28F6N4O6S2. The highest BCUT2D eigenvalue weighted by Gasteiger charge is 2.46. The van der Waals surface area contributed by atoms with E-state index in [0.29, 0.717) is 13.2 Å². The van der Waals surface area contributed by atoms with Crippen LogP contribution in [0.1, 0.15) is 38.8 Å². The molecule has 0 fully saturated rings. The molecule has 1 heterocycles. The number of amides is 1. The number of nitrogens with one attached hydrogen (secondary N) is 1. The van der Waals surface area contributed by atoms with Gasteiger partial charge in [-0.25, -0.2) is 30.8 Å². The lowest BCUT2D eigenvalue weighted by Gasteiger charge is -2.27. The van der Waals surface area contributed by atoms with E-state index in [1.54, 1.807) is 0 Å². The Labute approximate surface area is 227 Å². The number of sulfonamides is 2. The lowest BCUT2D eigenvalue weighted by molar-refractivity contribution is -0.697. The number of allylic oxidation sites excluding steroid dienone is 1. The van der Waals surface area contributed by atoms with Gasteiger partial charge in [0, 0.05) is 0 Å². The van der Waals surface area contributed by atoms with E-state index >= 15 is 0 Å². The van der Waals surface area contributed by atoms with Gasteiger partial charge < -0.3 is 14.2 Å². The number of imidazole rings is 1. The Balaban J connectivity index is 0.000000459. The summed E-state index contributed by atoms with van der Waals surface area (Å²) in [4.78, 5) is 12.1. The Hall–Kier alpha value is -3.12. The number of halogens is 6. The lowest BCUT2D eigenvalue weighted by atomic mass is 9.92. The third kappa shape index (κ3) is 10.1. The van der Waals surface area contributed by atoms with Crippen molar-refractivity contribution in [2.45, 2.75) is 57.3 Å². The maximum atomic E-state index is 12.1. The second-order valence-electron chi connectivity index (χ2n) is 8.65. The number of hydrogen-bond acceptors (Lipinski definition) is 6. The number of benzene rings is 1. The summed E-state index contributed by atoms with van der Waals surface area (Å²) < 4.78 is 119. The van der Waals surface area contributed by atoms with Crippen molar-refractivity contribution in [2.75, 3.05) is 6.61 Å². The first-order chi connectivity index (χ1) is 18.0. The van der Waals surface area contributed by atoms with Crippen LogP contribution < -0.4 is 9.88 Å². The van der Waals surface area contributed by atoms with Gasteiger partial charge in [-0.3, -0.25) is 0 Å². The van der Waals surface area contributed by atoms with Crippen LogP contribution in [0.15, 0.2) is 49.6 Å². The van der Waals surface area contributed by atoms with Crippen molar-refractivity contribution in [2.24, 2.45) is 0 Å². The van der Waals surface area contributed by atoms with Crippen molar-refractivity contribution in [1.29, 1.82) is 0 Å². The molecule has 0 aliphatic rings. The first kappa shape index (κ1) is 34.9. The van der Waals surface area contributed by atoms with E-state index in [9.17, 15) is 48.0 Å². The van der Waals surface area contributed by atoms with Crippen LogP contribution in [0.4, 0.5) is 31.1 Å². The summed E-state index contributed by atoms with van der Waals surface area (Å²) in [6.07, 6.45) is 5.55. The third-order valence-corrected chi connectivity index (χ3v) is 7.71. The minimum atomic E-state index is -6.72. The standard InChI is InChI=1S/C20H27N3O2.C2F6NO4S2/c1-6-22-10-11-23(15-22)12-13-25-19(24)21-20(4,5)18-9-7-8-17(14-18)16(2)3;3-1(4,5)14(10,11)9-15(12,13)2(6,7)8/h7-11,14-15H,2,6,12-13H2,1,3-5H3;/q;-1/p+1. The van der Waals surface area contributed by atoms with Gasteiger partial charge in [-0.05, 0) is 44.9 Å². The predicted molar refractivity (Wildman–Crippen MR) is 132 cm³/mol.